The van der Waals surface area contributed by atoms with Gasteiger partial charge in [0.05, 0.1) is 5.56 Å². The normalized spacial score (nSPS) is 16.0. The molecule has 114 valence electrons. The minimum absolute atomic E-state index is 0.588. The first kappa shape index (κ1) is 15.5. The second kappa shape index (κ2) is 5.84. The van der Waals surface area contributed by atoms with Crippen LogP contribution in [0.15, 0.2) is 43.1 Å². The van der Waals surface area contributed by atoms with Gasteiger partial charge in [-0.3, -0.25) is 0 Å². The SMILES string of the molecule is C=CC(=C)N1CCN(c2cc(C)cc(C(F)(F)F)c2)CC1. The molecule has 0 atom stereocenters. The highest BCUT2D eigenvalue weighted by molar-refractivity contribution is 5.52. The fourth-order valence-electron chi connectivity index (χ4n) is 2.49. The minimum Gasteiger partial charge on any atom is -0.368 e. The summed E-state index contributed by atoms with van der Waals surface area (Å²) in [7, 11) is 0. The van der Waals surface area contributed by atoms with Crippen LogP contribution in [0.3, 0.4) is 0 Å². The minimum atomic E-state index is -4.31. The van der Waals surface area contributed by atoms with Crippen LogP contribution in [0.25, 0.3) is 0 Å². The molecule has 1 heterocycles. The number of anilines is 1. The number of hydrogen-bond acceptors (Lipinski definition) is 2. The van der Waals surface area contributed by atoms with Gasteiger partial charge in [-0.25, -0.2) is 0 Å². The molecule has 1 aliphatic heterocycles. The Labute approximate surface area is 123 Å². The number of nitrogens with zero attached hydrogens (tertiary/aromatic N) is 2. The third-order valence-corrected chi connectivity index (χ3v) is 3.68. The van der Waals surface area contributed by atoms with Crippen LogP contribution in [0.1, 0.15) is 11.1 Å². The van der Waals surface area contributed by atoms with Crippen LogP contribution in [0, 0.1) is 6.92 Å². The second-order valence-corrected chi connectivity index (χ2v) is 5.22. The van der Waals surface area contributed by atoms with Gasteiger partial charge in [-0.05, 0) is 36.8 Å². The molecule has 21 heavy (non-hydrogen) atoms. The van der Waals surface area contributed by atoms with E-state index in [0.717, 1.165) is 18.8 Å². The van der Waals surface area contributed by atoms with E-state index in [4.69, 9.17) is 0 Å². The van der Waals surface area contributed by atoms with Crippen molar-refractivity contribution in [2.45, 2.75) is 13.1 Å². The molecule has 1 saturated heterocycles. The Balaban J connectivity index is 2.15. The van der Waals surface area contributed by atoms with Crippen LogP contribution >= 0.6 is 0 Å². The Kier molecular flexibility index (Phi) is 4.30. The fraction of sp³-hybridized carbons (Fsp3) is 0.375. The maximum absolute atomic E-state index is 12.9. The average Bonchev–Trinajstić information content (AvgIpc) is 2.45. The van der Waals surface area contributed by atoms with Crippen molar-refractivity contribution < 1.29 is 13.2 Å². The lowest BCUT2D eigenvalue weighted by Crippen LogP contribution is -2.45. The highest BCUT2D eigenvalue weighted by atomic mass is 19.4. The van der Waals surface area contributed by atoms with Crippen LogP contribution in [0.5, 0.6) is 0 Å². The van der Waals surface area contributed by atoms with Crippen molar-refractivity contribution in [2.24, 2.45) is 0 Å². The first-order valence-corrected chi connectivity index (χ1v) is 6.81. The van der Waals surface area contributed by atoms with Crippen molar-refractivity contribution in [1.29, 1.82) is 0 Å². The summed E-state index contributed by atoms with van der Waals surface area (Å²) in [5, 5.41) is 0. The van der Waals surface area contributed by atoms with Gasteiger partial charge in [0.25, 0.3) is 0 Å². The molecular weight excluding hydrogens is 277 g/mol. The molecule has 0 aromatic heterocycles. The van der Waals surface area contributed by atoms with E-state index in [1.54, 1.807) is 19.1 Å². The van der Waals surface area contributed by atoms with E-state index in [9.17, 15) is 13.2 Å². The standard InChI is InChI=1S/C16H19F3N2/c1-4-13(3)20-5-7-21(8-6-20)15-10-12(2)9-14(11-15)16(17,18)19/h4,9-11H,1,3,5-8H2,2H3. The summed E-state index contributed by atoms with van der Waals surface area (Å²) in [6.07, 6.45) is -2.61. The van der Waals surface area contributed by atoms with Crippen molar-refractivity contribution in [3.63, 3.8) is 0 Å². The van der Waals surface area contributed by atoms with Gasteiger partial charge in [-0.2, -0.15) is 13.2 Å². The van der Waals surface area contributed by atoms with Crippen molar-refractivity contribution in [3.8, 4) is 0 Å². The molecule has 0 bridgehead atoms. The van der Waals surface area contributed by atoms with Gasteiger partial charge in [0.2, 0.25) is 0 Å². The van der Waals surface area contributed by atoms with Crippen molar-refractivity contribution in [3.05, 3.63) is 54.3 Å². The summed E-state index contributed by atoms with van der Waals surface area (Å²) in [5.74, 6) is 0. The number of halogens is 3. The Morgan fingerprint density at radius 3 is 2.29 bits per heavy atom. The number of rotatable bonds is 3. The summed E-state index contributed by atoms with van der Waals surface area (Å²) in [6, 6.07) is 4.21. The summed E-state index contributed by atoms with van der Waals surface area (Å²) in [5.41, 5.74) is 1.52. The van der Waals surface area contributed by atoms with Crippen LogP contribution < -0.4 is 4.90 Å². The molecule has 0 aliphatic carbocycles. The summed E-state index contributed by atoms with van der Waals surface area (Å²) < 4.78 is 38.6. The van der Waals surface area contributed by atoms with Crippen LogP contribution in [-0.4, -0.2) is 31.1 Å². The summed E-state index contributed by atoms with van der Waals surface area (Å²) >= 11 is 0. The molecule has 1 aliphatic rings. The van der Waals surface area contributed by atoms with Gasteiger partial charge in [-0.15, -0.1) is 0 Å². The highest BCUT2D eigenvalue weighted by Gasteiger charge is 2.31. The number of hydrogen-bond donors (Lipinski definition) is 0. The highest BCUT2D eigenvalue weighted by Crippen LogP contribution is 2.33. The maximum atomic E-state index is 12.9. The van der Waals surface area contributed by atoms with Crippen molar-refractivity contribution in [2.75, 3.05) is 31.1 Å². The molecule has 0 spiro atoms. The molecule has 2 nitrogen and oxygen atoms in total. The number of aryl methyl sites for hydroxylation is 1. The lowest BCUT2D eigenvalue weighted by molar-refractivity contribution is -0.137. The first-order valence-electron chi connectivity index (χ1n) is 6.81. The maximum Gasteiger partial charge on any atom is 0.416 e. The molecule has 1 aromatic carbocycles. The van der Waals surface area contributed by atoms with Crippen molar-refractivity contribution in [1.82, 2.24) is 4.90 Å². The smallest absolute Gasteiger partial charge is 0.368 e. The van der Waals surface area contributed by atoms with E-state index in [-0.39, 0.29) is 0 Å². The Bertz CT molecular complexity index is 541. The molecule has 0 amide bonds. The molecule has 5 heteroatoms. The molecule has 2 rings (SSSR count). The number of piperazine rings is 1. The van der Waals surface area contributed by atoms with Gasteiger partial charge in [-0.1, -0.05) is 13.2 Å². The molecule has 1 aromatic rings. The molecule has 0 saturated carbocycles. The monoisotopic (exact) mass is 296 g/mol. The van der Waals surface area contributed by atoms with Gasteiger partial charge >= 0.3 is 6.18 Å². The lowest BCUT2D eigenvalue weighted by atomic mass is 10.1. The predicted molar refractivity (Wildman–Crippen MR) is 79.3 cm³/mol. The van der Waals surface area contributed by atoms with Gasteiger partial charge in [0.15, 0.2) is 0 Å². The first-order chi connectivity index (χ1) is 9.81. The quantitative estimate of drug-likeness (QED) is 0.782. The largest absolute Gasteiger partial charge is 0.416 e. The zero-order valence-corrected chi connectivity index (χ0v) is 12.1. The molecule has 1 fully saturated rings. The number of allylic oxidation sites excluding steroid dienone is 1. The Morgan fingerprint density at radius 2 is 1.76 bits per heavy atom. The third kappa shape index (κ3) is 3.60. The number of benzene rings is 1. The fourth-order valence-corrected chi connectivity index (χ4v) is 2.49. The van der Waals surface area contributed by atoms with E-state index in [2.05, 4.69) is 18.1 Å². The molecule has 0 unspecified atom stereocenters. The van der Waals surface area contributed by atoms with Crippen LogP contribution in [0.2, 0.25) is 0 Å². The molecule has 0 radical (unpaired) electrons. The van der Waals surface area contributed by atoms with Crippen molar-refractivity contribution >= 4 is 5.69 Å². The van der Waals surface area contributed by atoms with Crippen LogP contribution in [-0.2, 0) is 6.18 Å². The summed E-state index contributed by atoms with van der Waals surface area (Å²) in [4.78, 5) is 4.07. The third-order valence-electron chi connectivity index (χ3n) is 3.68. The van der Waals surface area contributed by atoms with Gasteiger partial charge < -0.3 is 9.80 Å². The average molecular weight is 296 g/mol. The Morgan fingerprint density at radius 1 is 1.14 bits per heavy atom. The second-order valence-electron chi connectivity index (χ2n) is 5.22. The van der Waals surface area contributed by atoms with Crippen LogP contribution in [0.4, 0.5) is 18.9 Å². The van der Waals surface area contributed by atoms with E-state index in [1.807, 2.05) is 4.90 Å². The number of alkyl halides is 3. The molecule has 0 N–H and O–H groups in total. The molecular formula is C16H19F3N2. The van der Waals surface area contributed by atoms with E-state index in [0.29, 0.717) is 24.3 Å². The van der Waals surface area contributed by atoms with E-state index >= 15 is 0 Å². The zero-order valence-electron chi connectivity index (χ0n) is 12.1. The van der Waals surface area contributed by atoms with Gasteiger partial charge in [0.1, 0.15) is 0 Å². The predicted octanol–water partition coefficient (Wildman–Crippen LogP) is 3.84. The lowest BCUT2D eigenvalue weighted by Gasteiger charge is -2.37. The Hall–Kier alpha value is -1.91. The zero-order chi connectivity index (χ0) is 15.6. The van der Waals surface area contributed by atoms with E-state index < -0.39 is 11.7 Å². The summed E-state index contributed by atoms with van der Waals surface area (Å²) in [6.45, 7) is 12.1. The topological polar surface area (TPSA) is 6.48 Å². The van der Waals surface area contributed by atoms with E-state index in [1.165, 1.54) is 12.1 Å². The van der Waals surface area contributed by atoms with Gasteiger partial charge in [0, 0.05) is 37.6 Å².